The van der Waals surface area contributed by atoms with Gasteiger partial charge in [0, 0.05) is 24.3 Å². The monoisotopic (exact) mass is 290 g/mol. The Kier molecular flexibility index (Phi) is 4.55. The van der Waals surface area contributed by atoms with Gasteiger partial charge in [-0.05, 0) is 25.2 Å². The lowest BCUT2D eigenvalue weighted by Gasteiger charge is -2.28. The number of rotatable bonds is 5. The smallest absolute Gasteiger partial charge is 0.315 e. The molecular weight excluding hydrogens is 264 g/mol. The molecule has 1 atom stereocenters. The Balaban J connectivity index is 2.39. The number of sulfone groups is 1. The van der Waals surface area contributed by atoms with Gasteiger partial charge in [0.15, 0.2) is 0 Å². The summed E-state index contributed by atoms with van der Waals surface area (Å²) in [5.41, 5.74) is -0.225. The highest BCUT2D eigenvalue weighted by atomic mass is 32.2. The van der Waals surface area contributed by atoms with Crippen LogP contribution >= 0.6 is 0 Å². The van der Waals surface area contributed by atoms with E-state index in [-0.39, 0.29) is 28.7 Å². The van der Waals surface area contributed by atoms with Crippen molar-refractivity contribution in [3.05, 3.63) is 0 Å². The molecule has 5 nitrogen and oxygen atoms in total. The number of hydrogen-bond donors (Lipinski definition) is 2. The number of urea groups is 1. The van der Waals surface area contributed by atoms with Crippen LogP contribution in [0.25, 0.3) is 0 Å². The SMILES string of the molecule is C[C@H](NC(=O)NCC1(CS(C)(=O)=O)CC1)C(C)(C)C. The van der Waals surface area contributed by atoms with Gasteiger partial charge in [-0.3, -0.25) is 0 Å². The summed E-state index contributed by atoms with van der Waals surface area (Å²) in [7, 11) is -2.99. The van der Waals surface area contributed by atoms with Crippen molar-refractivity contribution < 1.29 is 13.2 Å². The Labute approximate surface area is 116 Å². The largest absolute Gasteiger partial charge is 0.338 e. The number of carbonyl (C=O) groups excluding carboxylic acids is 1. The predicted octanol–water partition coefficient (Wildman–Crippen LogP) is 1.54. The Morgan fingerprint density at radius 2 is 1.84 bits per heavy atom. The average molecular weight is 290 g/mol. The maximum Gasteiger partial charge on any atom is 0.315 e. The quantitative estimate of drug-likeness (QED) is 0.806. The maximum atomic E-state index is 11.8. The van der Waals surface area contributed by atoms with Gasteiger partial charge < -0.3 is 10.6 Å². The summed E-state index contributed by atoms with van der Waals surface area (Å²) >= 11 is 0. The first-order valence-electron chi connectivity index (χ1n) is 6.66. The first-order chi connectivity index (χ1) is 8.44. The molecule has 19 heavy (non-hydrogen) atoms. The van der Waals surface area contributed by atoms with Crippen molar-refractivity contribution in [2.24, 2.45) is 10.8 Å². The van der Waals surface area contributed by atoms with Gasteiger partial charge >= 0.3 is 6.03 Å². The van der Waals surface area contributed by atoms with Gasteiger partial charge in [-0.25, -0.2) is 13.2 Å². The number of nitrogens with one attached hydrogen (secondary N) is 2. The lowest BCUT2D eigenvalue weighted by molar-refractivity contribution is 0.220. The lowest BCUT2D eigenvalue weighted by atomic mass is 9.88. The fourth-order valence-electron chi connectivity index (χ4n) is 1.84. The van der Waals surface area contributed by atoms with Crippen molar-refractivity contribution in [2.75, 3.05) is 18.6 Å². The van der Waals surface area contributed by atoms with Crippen molar-refractivity contribution in [3.8, 4) is 0 Å². The highest BCUT2D eigenvalue weighted by Gasteiger charge is 2.45. The first-order valence-corrected chi connectivity index (χ1v) is 8.72. The molecule has 0 heterocycles. The summed E-state index contributed by atoms with van der Waals surface area (Å²) in [5.74, 6) is 0.162. The predicted molar refractivity (Wildman–Crippen MR) is 76.8 cm³/mol. The molecule has 0 aliphatic heterocycles. The highest BCUT2D eigenvalue weighted by molar-refractivity contribution is 7.90. The number of carbonyl (C=O) groups is 1. The topological polar surface area (TPSA) is 75.3 Å². The fourth-order valence-corrected chi connectivity index (χ4v) is 3.34. The van der Waals surface area contributed by atoms with Gasteiger partial charge in [0.2, 0.25) is 0 Å². The van der Waals surface area contributed by atoms with Crippen LogP contribution in [0, 0.1) is 10.8 Å². The summed E-state index contributed by atoms with van der Waals surface area (Å²) in [6, 6.07) is -0.167. The molecule has 0 aromatic heterocycles. The Morgan fingerprint density at radius 1 is 1.32 bits per heavy atom. The molecule has 0 aromatic rings. The van der Waals surface area contributed by atoms with Gasteiger partial charge in [0.1, 0.15) is 9.84 Å². The molecule has 1 aliphatic rings. The minimum atomic E-state index is -2.99. The molecular formula is C13H26N2O3S. The van der Waals surface area contributed by atoms with E-state index >= 15 is 0 Å². The number of amides is 2. The van der Waals surface area contributed by atoms with Crippen molar-refractivity contribution in [1.82, 2.24) is 10.6 Å². The molecule has 2 amide bonds. The zero-order valence-electron chi connectivity index (χ0n) is 12.5. The minimum absolute atomic E-state index is 0.00135. The van der Waals surface area contributed by atoms with Crippen LogP contribution in [0.4, 0.5) is 4.79 Å². The Hall–Kier alpha value is -0.780. The summed E-state index contributed by atoms with van der Waals surface area (Å²) in [6.45, 7) is 8.57. The molecule has 0 spiro atoms. The van der Waals surface area contributed by atoms with Crippen molar-refractivity contribution in [3.63, 3.8) is 0 Å². The molecule has 2 N–H and O–H groups in total. The molecule has 0 aromatic carbocycles. The van der Waals surface area contributed by atoms with E-state index in [4.69, 9.17) is 0 Å². The third kappa shape index (κ3) is 5.80. The lowest BCUT2D eigenvalue weighted by Crippen LogP contribution is -2.48. The van der Waals surface area contributed by atoms with Crippen LogP contribution in [0.5, 0.6) is 0 Å². The normalized spacial score (nSPS) is 19.6. The van der Waals surface area contributed by atoms with Gasteiger partial charge in [-0.1, -0.05) is 20.8 Å². The molecule has 1 rings (SSSR count). The van der Waals surface area contributed by atoms with Gasteiger partial charge in [0.25, 0.3) is 0 Å². The summed E-state index contributed by atoms with van der Waals surface area (Å²) in [5, 5.41) is 5.68. The van der Waals surface area contributed by atoms with Gasteiger partial charge in [-0.2, -0.15) is 0 Å². The van der Waals surface area contributed by atoms with E-state index in [1.54, 1.807) is 0 Å². The Morgan fingerprint density at radius 3 is 2.21 bits per heavy atom. The van der Waals surface area contributed by atoms with Crippen LogP contribution in [0.3, 0.4) is 0 Å². The summed E-state index contributed by atoms with van der Waals surface area (Å²) in [6.07, 6.45) is 2.99. The van der Waals surface area contributed by atoms with Crippen LogP contribution in [0.2, 0.25) is 0 Å². The molecule has 112 valence electrons. The first kappa shape index (κ1) is 16.3. The van der Waals surface area contributed by atoms with Crippen LogP contribution < -0.4 is 10.6 Å². The molecule has 0 saturated heterocycles. The third-order valence-corrected chi connectivity index (χ3v) is 4.93. The molecule has 1 fully saturated rings. The van der Waals surface area contributed by atoms with Gasteiger partial charge in [-0.15, -0.1) is 0 Å². The van der Waals surface area contributed by atoms with Crippen molar-refractivity contribution in [1.29, 1.82) is 0 Å². The van der Waals surface area contributed by atoms with Gasteiger partial charge in [0.05, 0.1) is 5.75 Å². The molecule has 0 radical (unpaired) electrons. The highest BCUT2D eigenvalue weighted by Crippen LogP contribution is 2.45. The molecule has 6 heteroatoms. The van der Waals surface area contributed by atoms with Crippen LogP contribution in [0.1, 0.15) is 40.5 Å². The van der Waals surface area contributed by atoms with Crippen LogP contribution in [0.15, 0.2) is 0 Å². The van der Waals surface area contributed by atoms with Crippen molar-refractivity contribution >= 4 is 15.9 Å². The second-order valence-corrected chi connectivity index (χ2v) is 9.12. The second-order valence-electron chi connectivity index (χ2n) is 6.98. The van der Waals surface area contributed by atoms with E-state index in [0.717, 1.165) is 12.8 Å². The van der Waals surface area contributed by atoms with E-state index in [9.17, 15) is 13.2 Å². The van der Waals surface area contributed by atoms with E-state index in [0.29, 0.717) is 6.54 Å². The number of hydrogen-bond acceptors (Lipinski definition) is 3. The molecule has 1 aliphatic carbocycles. The second kappa shape index (κ2) is 5.31. The zero-order chi connectivity index (χ0) is 14.9. The van der Waals surface area contributed by atoms with Crippen LogP contribution in [-0.2, 0) is 9.84 Å². The minimum Gasteiger partial charge on any atom is -0.338 e. The summed E-state index contributed by atoms with van der Waals surface area (Å²) < 4.78 is 22.6. The van der Waals surface area contributed by atoms with E-state index in [1.807, 2.05) is 6.92 Å². The molecule has 0 unspecified atom stereocenters. The van der Waals surface area contributed by atoms with Crippen molar-refractivity contribution in [2.45, 2.75) is 46.6 Å². The van der Waals surface area contributed by atoms with E-state index in [1.165, 1.54) is 6.26 Å². The maximum absolute atomic E-state index is 11.8. The summed E-state index contributed by atoms with van der Waals surface area (Å²) in [4.78, 5) is 11.8. The standard InChI is InChI=1S/C13H26N2O3S/c1-10(12(2,3)4)15-11(16)14-8-13(6-7-13)9-19(5,17)18/h10H,6-9H2,1-5H3,(H2,14,15,16)/t10-/m0/s1. The van der Waals surface area contributed by atoms with E-state index < -0.39 is 9.84 Å². The molecule has 0 bridgehead atoms. The molecule has 1 saturated carbocycles. The Bertz CT molecular complexity index is 433. The zero-order valence-corrected chi connectivity index (χ0v) is 13.4. The fraction of sp³-hybridized carbons (Fsp3) is 0.923. The van der Waals surface area contributed by atoms with Crippen LogP contribution in [-0.4, -0.2) is 39.0 Å². The third-order valence-electron chi connectivity index (χ3n) is 3.80. The average Bonchev–Trinajstić information content (AvgIpc) is 2.91. The van der Waals surface area contributed by atoms with E-state index in [2.05, 4.69) is 31.4 Å².